The molecule has 1 aromatic carbocycles. The molecule has 1 aliphatic heterocycles. The van der Waals surface area contributed by atoms with Crippen LogP contribution < -0.4 is 5.32 Å². The van der Waals surface area contributed by atoms with Gasteiger partial charge < -0.3 is 20.2 Å². The molecule has 2 aliphatic rings. The van der Waals surface area contributed by atoms with Crippen LogP contribution in [0.1, 0.15) is 11.1 Å². The summed E-state index contributed by atoms with van der Waals surface area (Å²) in [5.74, 6) is -5.22. The molecule has 154 valence electrons. The summed E-state index contributed by atoms with van der Waals surface area (Å²) in [7, 11) is 3.82. The van der Waals surface area contributed by atoms with Crippen LogP contribution >= 0.6 is 0 Å². The number of urea groups is 1. The quantitative estimate of drug-likeness (QED) is 0.812. The van der Waals surface area contributed by atoms with E-state index in [1.54, 1.807) is 0 Å². The first-order valence-corrected chi connectivity index (χ1v) is 9.10. The molecule has 9 heteroatoms. The number of halogens is 3. The second kappa shape index (κ2) is 7.27. The van der Waals surface area contributed by atoms with E-state index in [1.807, 2.05) is 43.3 Å². The van der Waals surface area contributed by atoms with Crippen LogP contribution in [0.15, 0.2) is 24.3 Å². The molecule has 0 spiro atoms. The monoisotopic (exact) mass is 399 g/mol. The minimum Gasteiger partial charge on any atom is -0.481 e. The van der Waals surface area contributed by atoms with Crippen molar-refractivity contribution in [1.29, 1.82) is 0 Å². The summed E-state index contributed by atoms with van der Waals surface area (Å²) in [4.78, 5) is 26.7. The molecule has 0 saturated carbocycles. The third-order valence-corrected chi connectivity index (χ3v) is 6.02. The van der Waals surface area contributed by atoms with Crippen LogP contribution in [0.5, 0.6) is 0 Å². The third-order valence-electron chi connectivity index (χ3n) is 6.02. The molecule has 1 heterocycles. The van der Waals surface area contributed by atoms with Gasteiger partial charge in [0.25, 0.3) is 0 Å². The maximum atomic E-state index is 13.1. The average molecular weight is 399 g/mol. The Morgan fingerprint density at radius 3 is 2.21 bits per heavy atom. The number of nitrogens with one attached hydrogen (secondary N) is 1. The molecule has 1 saturated heterocycles. The third kappa shape index (κ3) is 3.80. The van der Waals surface area contributed by atoms with E-state index >= 15 is 0 Å². The average Bonchev–Trinajstić information content (AvgIpc) is 3.22. The van der Waals surface area contributed by atoms with E-state index < -0.39 is 43.1 Å². The highest BCUT2D eigenvalue weighted by Crippen LogP contribution is 2.38. The van der Waals surface area contributed by atoms with Crippen molar-refractivity contribution in [3.8, 4) is 0 Å². The fraction of sp³-hybridized carbons (Fsp3) is 0.579. The predicted octanol–water partition coefficient (Wildman–Crippen LogP) is 1.99. The molecule has 3 rings (SSSR count). The first-order valence-electron chi connectivity index (χ1n) is 9.10. The van der Waals surface area contributed by atoms with Gasteiger partial charge in [-0.3, -0.25) is 4.79 Å². The Bertz CT molecular complexity index is 741. The number of carbonyl (C=O) groups is 2. The van der Waals surface area contributed by atoms with E-state index in [4.69, 9.17) is 5.11 Å². The van der Waals surface area contributed by atoms with Crippen LogP contribution in [0.4, 0.5) is 18.0 Å². The Morgan fingerprint density at radius 2 is 1.79 bits per heavy atom. The molecule has 0 radical (unpaired) electrons. The largest absolute Gasteiger partial charge is 0.481 e. The van der Waals surface area contributed by atoms with Crippen LogP contribution in [0.2, 0.25) is 0 Å². The Labute approximate surface area is 161 Å². The second-order valence-corrected chi connectivity index (χ2v) is 7.90. The van der Waals surface area contributed by atoms with Gasteiger partial charge in [-0.1, -0.05) is 24.3 Å². The number of likely N-dealkylation sites (tertiary alicyclic amines) is 1. The summed E-state index contributed by atoms with van der Waals surface area (Å²) in [5, 5.41) is 11.8. The van der Waals surface area contributed by atoms with Gasteiger partial charge in [0.15, 0.2) is 0 Å². The molecule has 0 unspecified atom stereocenters. The molecule has 6 nitrogen and oxygen atoms in total. The highest BCUT2D eigenvalue weighted by atomic mass is 19.4. The minimum atomic E-state index is -4.66. The maximum absolute atomic E-state index is 13.1. The fourth-order valence-electron chi connectivity index (χ4n) is 4.18. The summed E-state index contributed by atoms with van der Waals surface area (Å²) >= 11 is 0. The van der Waals surface area contributed by atoms with E-state index in [2.05, 4.69) is 5.32 Å². The topological polar surface area (TPSA) is 72.9 Å². The Hall–Kier alpha value is -2.29. The number of benzene rings is 1. The maximum Gasteiger partial charge on any atom is 0.394 e. The summed E-state index contributed by atoms with van der Waals surface area (Å²) in [6.45, 7) is -0.819. The van der Waals surface area contributed by atoms with Crippen molar-refractivity contribution >= 4 is 12.0 Å². The van der Waals surface area contributed by atoms with Gasteiger partial charge in [-0.25, -0.2) is 4.79 Å². The van der Waals surface area contributed by atoms with Gasteiger partial charge in [-0.05, 0) is 38.1 Å². The zero-order valence-electron chi connectivity index (χ0n) is 15.8. The van der Waals surface area contributed by atoms with Gasteiger partial charge in [-0.2, -0.15) is 13.2 Å². The number of aliphatic carboxylic acids is 1. The lowest BCUT2D eigenvalue weighted by Crippen LogP contribution is -2.55. The number of carboxylic acid groups (broad SMARTS) is 1. The van der Waals surface area contributed by atoms with Gasteiger partial charge in [0, 0.05) is 25.2 Å². The molecule has 2 amide bonds. The van der Waals surface area contributed by atoms with Gasteiger partial charge in [0.1, 0.15) is 0 Å². The van der Waals surface area contributed by atoms with E-state index in [0.717, 1.165) is 17.7 Å². The van der Waals surface area contributed by atoms with Crippen molar-refractivity contribution < 1.29 is 27.9 Å². The fourth-order valence-corrected chi connectivity index (χ4v) is 4.18. The van der Waals surface area contributed by atoms with Crippen molar-refractivity contribution in [2.45, 2.75) is 24.6 Å². The molecule has 1 fully saturated rings. The summed E-state index contributed by atoms with van der Waals surface area (Å²) in [6, 6.07) is 7.32. The first kappa shape index (κ1) is 20.4. The normalized spacial score (nSPS) is 23.7. The second-order valence-electron chi connectivity index (χ2n) is 7.90. The van der Waals surface area contributed by atoms with E-state index in [-0.39, 0.29) is 12.1 Å². The van der Waals surface area contributed by atoms with E-state index in [9.17, 15) is 22.8 Å². The molecule has 1 aliphatic carbocycles. The van der Waals surface area contributed by atoms with Crippen molar-refractivity contribution in [1.82, 2.24) is 15.1 Å². The molecule has 0 bridgehead atoms. The van der Waals surface area contributed by atoms with Crippen molar-refractivity contribution in [2.24, 2.45) is 11.8 Å². The Kier molecular flexibility index (Phi) is 5.31. The van der Waals surface area contributed by atoms with Crippen molar-refractivity contribution in [3.05, 3.63) is 35.4 Å². The predicted molar refractivity (Wildman–Crippen MR) is 95.9 cm³/mol. The first-order chi connectivity index (χ1) is 13.0. The SMILES string of the molecule is CN(C)C1(CNC(=O)N2C[C@@H](C(F)(F)F)[C@H](C(=O)O)C2)Cc2ccccc2C1. The molecule has 2 atom stereocenters. The molecular weight excluding hydrogens is 375 g/mol. The van der Waals surface area contributed by atoms with Crippen LogP contribution in [0, 0.1) is 11.8 Å². The number of amides is 2. The van der Waals surface area contributed by atoms with Gasteiger partial charge in [-0.15, -0.1) is 0 Å². The van der Waals surface area contributed by atoms with Gasteiger partial charge in [0.2, 0.25) is 0 Å². The number of rotatable bonds is 4. The van der Waals surface area contributed by atoms with Crippen LogP contribution in [0.25, 0.3) is 0 Å². The lowest BCUT2D eigenvalue weighted by atomic mass is 9.94. The minimum absolute atomic E-state index is 0.262. The number of likely N-dealkylation sites (N-methyl/N-ethyl adjacent to an activating group) is 1. The zero-order valence-corrected chi connectivity index (χ0v) is 15.8. The van der Waals surface area contributed by atoms with E-state index in [0.29, 0.717) is 0 Å². The number of alkyl halides is 3. The number of carboxylic acids is 1. The Morgan fingerprint density at radius 1 is 1.21 bits per heavy atom. The number of hydrogen-bond donors (Lipinski definition) is 2. The van der Waals surface area contributed by atoms with Crippen LogP contribution in [0.3, 0.4) is 0 Å². The lowest BCUT2D eigenvalue weighted by Gasteiger charge is -2.37. The summed E-state index contributed by atoms with van der Waals surface area (Å²) < 4.78 is 39.4. The highest BCUT2D eigenvalue weighted by molar-refractivity contribution is 5.78. The standard InChI is InChI=1S/C19H24F3N3O3/c1-24(2)18(7-12-5-3-4-6-13(12)8-18)11-23-17(28)25-9-14(16(26)27)15(10-25)19(20,21)22/h3-6,14-15H,7-11H2,1-2H3,(H,23,28)(H,26,27)/t14-,15-/m1/s1. The van der Waals surface area contributed by atoms with Crippen LogP contribution in [-0.4, -0.2) is 72.4 Å². The number of nitrogens with zero attached hydrogens (tertiary/aromatic N) is 2. The molecular formula is C19H24F3N3O3. The summed E-state index contributed by atoms with van der Waals surface area (Å²) in [6.07, 6.45) is -3.21. The van der Waals surface area contributed by atoms with Crippen molar-refractivity contribution in [2.75, 3.05) is 33.7 Å². The van der Waals surface area contributed by atoms with Gasteiger partial charge in [0.05, 0.1) is 11.8 Å². The molecule has 1 aromatic rings. The number of carbonyl (C=O) groups excluding carboxylic acids is 1. The van der Waals surface area contributed by atoms with Crippen molar-refractivity contribution in [3.63, 3.8) is 0 Å². The zero-order chi connectivity index (χ0) is 20.7. The van der Waals surface area contributed by atoms with Crippen LogP contribution in [-0.2, 0) is 17.6 Å². The number of hydrogen-bond acceptors (Lipinski definition) is 3. The smallest absolute Gasteiger partial charge is 0.394 e. The summed E-state index contributed by atoms with van der Waals surface area (Å²) in [5.41, 5.74) is 2.01. The van der Waals surface area contributed by atoms with Gasteiger partial charge >= 0.3 is 18.2 Å². The molecule has 2 N–H and O–H groups in total. The molecule has 0 aromatic heterocycles. The lowest BCUT2D eigenvalue weighted by molar-refractivity contribution is -0.187. The molecule has 28 heavy (non-hydrogen) atoms. The van der Waals surface area contributed by atoms with E-state index in [1.165, 1.54) is 11.1 Å². The highest BCUT2D eigenvalue weighted by Gasteiger charge is 2.53. The number of fused-ring (bicyclic) bond motifs is 1. The Balaban J connectivity index is 1.67.